The van der Waals surface area contributed by atoms with Gasteiger partial charge < -0.3 is 18.9 Å². The Morgan fingerprint density at radius 3 is 1.25 bits per heavy atom. The van der Waals surface area contributed by atoms with Crippen molar-refractivity contribution in [3.8, 4) is 22.6 Å². The van der Waals surface area contributed by atoms with Crippen molar-refractivity contribution in [1.82, 2.24) is 0 Å². The van der Waals surface area contributed by atoms with E-state index in [0.717, 1.165) is 59.4 Å². The van der Waals surface area contributed by atoms with Crippen LogP contribution >= 0.6 is 0 Å². The molecule has 0 amide bonds. The number of hydrogen-bond acceptors (Lipinski definition) is 6. The molecule has 0 spiro atoms. The van der Waals surface area contributed by atoms with E-state index in [1.54, 1.807) is 0 Å². The van der Waals surface area contributed by atoms with Gasteiger partial charge in [0.25, 0.3) is 0 Å². The Morgan fingerprint density at radius 2 is 0.839 bits per heavy atom. The Kier molecular flexibility index (Phi) is 14.0. The molecule has 6 nitrogen and oxygen atoms in total. The molecular weight excluding hydrogens is 697 g/mol. The molecule has 0 aromatic heterocycles. The summed E-state index contributed by atoms with van der Waals surface area (Å²) in [4.78, 5) is 22.4. The molecule has 0 fully saturated rings. The van der Waals surface area contributed by atoms with E-state index in [1.807, 2.05) is 24.3 Å². The SMILES string of the molecule is C=CC(=O)OCCCCOc1ccc(/C=C\c2ccc3ccccc3c2-c2c(/C=C\c3ccc(OCCCCOC(=O)C=C)cc3)ccc3ccccc23)cc1. The standard InChI is InChI=1S/C50H46O6/c1-3-47(51)55-35-11-9-33-53-43-29-19-37(20-30-43)17-23-41-27-25-39-13-5-7-15-45(39)49(41)50-42(28-26-40-14-6-8-16-46(40)50)24-18-38-21-31-44(32-22-38)54-34-10-12-36-56-48(52)4-2/h3-8,13-32H,1-2,9-12,33-36H2/b23-17-,24-18-. The van der Waals surface area contributed by atoms with Crippen molar-refractivity contribution in [2.75, 3.05) is 26.4 Å². The topological polar surface area (TPSA) is 71.1 Å². The van der Waals surface area contributed by atoms with Gasteiger partial charge in [0.2, 0.25) is 0 Å². The molecule has 6 rings (SSSR count). The predicted octanol–water partition coefficient (Wildman–Crippen LogP) is 11.8. The largest absolute Gasteiger partial charge is 0.494 e. The van der Waals surface area contributed by atoms with Gasteiger partial charge in [-0.2, -0.15) is 0 Å². The van der Waals surface area contributed by atoms with Crippen LogP contribution in [0.15, 0.2) is 147 Å². The van der Waals surface area contributed by atoms with E-state index in [-0.39, 0.29) is 0 Å². The number of rotatable bonds is 19. The molecule has 6 aromatic carbocycles. The van der Waals surface area contributed by atoms with Crippen LogP contribution < -0.4 is 9.47 Å². The summed E-state index contributed by atoms with van der Waals surface area (Å²) in [5, 5.41) is 4.72. The van der Waals surface area contributed by atoms with Crippen LogP contribution in [-0.2, 0) is 19.1 Å². The third kappa shape index (κ3) is 10.7. The summed E-state index contributed by atoms with van der Waals surface area (Å²) in [6, 6.07) is 42.1. The fourth-order valence-electron chi connectivity index (χ4n) is 6.39. The first kappa shape index (κ1) is 39.0. The third-order valence-electron chi connectivity index (χ3n) is 9.28. The maximum atomic E-state index is 11.2. The molecule has 0 radical (unpaired) electrons. The quantitative estimate of drug-likeness (QED) is 0.0356. The summed E-state index contributed by atoms with van der Waals surface area (Å²) in [6.07, 6.45) is 14.1. The second-order valence-electron chi connectivity index (χ2n) is 13.2. The second kappa shape index (κ2) is 20.1. The molecule has 56 heavy (non-hydrogen) atoms. The van der Waals surface area contributed by atoms with E-state index in [0.29, 0.717) is 26.4 Å². The number of benzene rings is 6. The highest BCUT2D eigenvalue weighted by atomic mass is 16.5. The number of ether oxygens (including phenoxy) is 4. The van der Waals surface area contributed by atoms with Gasteiger partial charge in [0.1, 0.15) is 11.5 Å². The fourth-order valence-corrected chi connectivity index (χ4v) is 6.39. The minimum Gasteiger partial charge on any atom is -0.494 e. The summed E-state index contributed by atoms with van der Waals surface area (Å²) >= 11 is 0. The molecule has 0 aliphatic carbocycles. The van der Waals surface area contributed by atoms with Crippen LogP contribution in [-0.4, -0.2) is 38.4 Å². The molecule has 0 N–H and O–H groups in total. The lowest BCUT2D eigenvalue weighted by Crippen LogP contribution is -2.04. The summed E-state index contributed by atoms with van der Waals surface area (Å²) in [5.74, 6) is 0.792. The maximum absolute atomic E-state index is 11.2. The Hall–Kier alpha value is -6.66. The van der Waals surface area contributed by atoms with Gasteiger partial charge in [-0.1, -0.05) is 135 Å². The zero-order valence-electron chi connectivity index (χ0n) is 31.5. The molecule has 0 saturated heterocycles. The van der Waals surface area contributed by atoms with Crippen LogP contribution in [0.5, 0.6) is 11.5 Å². The van der Waals surface area contributed by atoms with Gasteiger partial charge in [0.15, 0.2) is 0 Å². The molecule has 0 aliphatic rings. The van der Waals surface area contributed by atoms with Crippen molar-refractivity contribution in [1.29, 1.82) is 0 Å². The molecule has 0 unspecified atom stereocenters. The monoisotopic (exact) mass is 742 g/mol. The highest BCUT2D eigenvalue weighted by Crippen LogP contribution is 2.40. The normalized spacial score (nSPS) is 11.2. The van der Waals surface area contributed by atoms with Gasteiger partial charge in [-0.25, -0.2) is 9.59 Å². The second-order valence-corrected chi connectivity index (χ2v) is 13.2. The Morgan fingerprint density at radius 1 is 0.446 bits per heavy atom. The molecular formula is C50H46O6. The van der Waals surface area contributed by atoms with Crippen LogP contribution in [0.4, 0.5) is 0 Å². The van der Waals surface area contributed by atoms with E-state index in [2.05, 4.69) is 135 Å². The van der Waals surface area contributed by atoms with Crippen LogP contribution in [0.3, 0.4) is 0 Å². The molecule has 6 heteroatoms. The van der Waals surface area contributed by atoms with Gasteiger partial charge in [-0.15, -0.1) is 0 Å². The average molecular weight is 743 g/mol. The Labute approximate surface area is 329 Å². The first-order valence-electron chi connectivity index (χ1n) is 19.0. The number of carbonyl (C=O) groups is 2. The average Bonchev–Trinajstić information content (AvgIpc) is 3.24. The van der Waals surface area contributed by atoms with Crippen molar-refractivity contribution in [2.24, 2.45) is 0 Å². The summed E-state index contributed by atoms with van der Waals surface area (Å²) in [7, 11) is 0. The lowest BCUT2D eigenvalue weighted by atomic mass is 9.86. The zero-order chi connectivity index (χ0) is 39.0. The summed E-state index contributed by atoms with van der Waals surface area (Å²) in [6.45, 7) is 8.63. The smallest absolute Gasteiger partial charge is 0.330 e. The minimum atomic E-state index is -0.402. The van der Waals surface area contributed by atoms with Crippen molar-refractivity contribution in [2.45, 2.75) is 25.7 Å². The van der Waals surface area contributed by atoms with Crippen molar-refractivity contribution in [3.05, 3.63) is 169 Å². The van der Waals surface area contributed by atoms with E-state index in [1.165, 1.54) is 44.8 Å². The Balaban J connectivity index is 1.22. The number of hydrogen-bond donors (Lipinski definition) is 0. The van der Waals surface area contributed by atoms with E-state index in [9.17, 15) is 9.59 Å². The first-order chi connectivity index (χ1) is 27.5. The number of carbonyl (C=O) groups excluding carboxylic acids is 2. The number of unbranched alkanes of at least 4 members (excludes halogenated alkanes) is 2. The first-order valence-corrected chi connectivity index (χ1v) is 19.0. The fraction of sp³-hybridized carbons (Fsp3) is 0.160. The Bertz CT molecular complexity index is 2170. The number of esters is 2. The predicted molar refractivity (Wildman–Crippen MR) is 229 cm³/mol. The summed E-state index contributed by atoms with van der Waals surface area (Å²) < 4.78 is 21.9. The maximum Gasteiger partial charge on any atom is 0.330 e. The van der Waals surface area contributed by atoms with Crippen molar-refractivity contribution in [3.63, 3.8) is 0 Å². The molecule has 0 bridgehead atoms. The van der Waals surface area contributed by atoms with Gasteiger partial charge >= 0.3 is 11.9 Å². The van der Waals surface area contributed by atoms with Crippen LogP contribution in [0.1, 0.15) is 47.9 Å². The lowest BCUT2D eigenvalue weighted by molar-refractivity contribution is -0.138. The molecule has 0 heterocycles. The molecule has 0 saturated carbocycles. The van der Waals surface area contributed by atoms with Gasteiger partial charge in [-0.05, 0) is 105 Å². The number of fused-ring (bicyclic) bond motifs is 2. The highest BCUT2D eigenvalue weighted by Gasteiger charge is 2.15. The van der Waals surface area contributed by atoms with E-state index < -0.39 is 11.9 Å². The zero-order valence-corrected chi connectivity index (χ0v) is 31.5. The molecule has 0 atom stereocenters. The van der Waals surface area contributed by atoms with Crippen LogP contribution in [0.25, 0.3) is 57.0 Å². The summed E-state index contributed by atoms with van der Waals surface area (Å²) in [5.41, 5.74) is 6.72. The highest BCUT2D eigenvalue weighted by molar-refractivity contribution is 6.11. The van der Waals surface area contributed by atoms with Gasteiger partial charge in [0, 0.05) is 12.2 Å². The van der Waals surface area contributed by atoms with Crippen LogP contribution in [0, 0.1) is 0 Å². The molecule has 6 aromatic rings. The minimum absolute atomic E-state index is 0.358. The molecule has 282 valence electrons. The van der Waals surface area contributed by atoms with E-state index in [4.69, 9.17) is 18.9 Å². The van der Waals surface area contributed by atoms with Crippen LogP contribution in [0.2, 0.25) is 0 Å². The van der Waals surface area contributed by atoms with E-state index >= 15 is 0 Å². The van der Waals surface area contributed by atoms with Gasteiger partial charge in [0.05, 0.1) is 26.4 Å². The third-order valence-corrected chi connectivity index (χ3v) is 9.28. The van der Waals surface area contributed by atoms with Crippen molar-refractivity contribution >= 4 is 57.8 Å². The van der Waals surface area contributed by atoms with Crippen molar-refractivity contribution < 1.29 is 28.5 Å². The lowest BCUT2D eigenvalue weighted by Gasteiger charge is -2.17. The van der Waals surface area contributed by atoms with Gasteiger partial charge in [-0.3, -0.25) is 0 Å². The molecule has 0 aliphatic heterocycles.